The molecule has 0 aliphatic rings. The summed E-state index contributed by atoms with van der Waals surface area (Å²) in [5.74, 6) is 3.40. The van der Waals surface area contributed by atoms with Crippen molar-refractivity contribution < 1.29 is 0 Å². The van der Waals surface area contributed by atoms with Gasteiger partial charge in [-0.1, -0.05) is 322 Å². The molecule has 27 aromatic rings. The molecule has 0 atom stereocenters. The average molecular weight is 1730 g/mol. The first kappa shape index (κ1) is 78.7. The first-order valence-corrected chi connectivity index (χ1v) is 45.1. The lowest BCUT2D eigenvalue weighted by Gasteiger charge is -2.13. The van der Waals surface area contributed by atoms with Gasteiger partial charge in [-0.05, 0) is 149 Å². The predicted molar refractivity (Wildman–Crippen MR) is 552 cm³/mol. The highest BCUT2D eigenvalue weighted by Crippen LogP contribution is 2.46. The Morgan fingerprint density at radius 3 is 0.963 bits per heavy atom. The average Bonchev–Trinajstić information content (AvgIpc) is 1.60. The molecule has 14 heteroatoms. The number of fused-ring (bicyclic) bond motifs is 18. The van der Waals surface area contributed by atoms with Gasteiger partial charge in [0.2, 0.25) is 0 Å². The SMILES string of the molecule is c1ccc(-c2nc3c4c(-c5ccc(-c6ccc7ncccc7c6)cc5)nc5ccccc5c4ccc3n2-c2ccccc2)cc1.c1ccc(-c2nc3c4c(-c5ccc(-c6ccc7ncccc7n6)cc5)nc5ccccc5c4ccc3n2-c2ccccc2)cc1.c1ccc(-c2nc3c4c(-c5ccc(-c6ncc7ccccc7n6)cc5)nc5ccccc5c4ccc3n2-c2ccccc2)cc1. The fraction of sp³-hybridized carbons (Fsp3) is 0. The predicted octanol–water partition coefficient (Wildman–Crippen LogP) is 29.6. The molecule has 0 N–H and O–H groups in total. The summed E-state index contributed by atoms with van der Waals surface area (Å²) in [4.78, 5) is 55.2. The van der Waals surface area contributed by atoms with E-state index in [9.17, 15) is 0 Å². The molecule has 17 aromatic carbocycles. The summed E-state index contributed by atoms with van der Waals surface area (Å²) in [6.45, 7) is 0. The second-order valence-corrected chi connectivity index (χ2v) is 33.6. The van der Waals surface area contributed by atoms with E-state index in [1.54, 1.807) is 6.20 Å². The van der Waals surface area contributed by atoms with Crippen LogP contribution < -0.4 is 0 Å². The number of aromatic nitrogens is 14. The Balaban J connectivity index is 0.000000108. The Hall–Kier alpha value is -18.5. The van der Waals surface area contributed by atoms with E-state index in [-0.39, 0.29) is 0 Å². The summed E-state index contributed by atoms with van der Waals surface area (Å²) < 4.78 is 6.77. The molecular formula is C121H76N14. The zero-order valence-corrected chi connectivity index (χ0v) is 72.6. The topological polar surface area (TPSA) is 157 Å². The van der Waals surface area contributed by atoms with Gasteiger partial charge in [0.05, 0.1) is 94.5 Å². The minimum atomic E-state index is 0.702. The maximum absolute atomic E-state index is 5.39. The lowest BCUT2D eigenvalue weighted by atomic mass is 9.96. The van der Waals surface area contributed by atoms with E-state index in [1.165, 1.54) is 0 Å². The second-order valence-electron chi connectivity index (χ2n) is 33.6. The first-order chi connectivity index (χ1) is 66.9. The molecule has 0 spiro atoms. The summed E-state index contributed by atoms with van der Waals surface area (Å²) in [6.07, 6.45) is 5.51. The number of hydrogen-bond acceptors (Lipinski definition) is 11. The smallest absolute Gasteiger partial charge is 0.159 e. The molecule has 630 valence electrons. The Morgan fingerprint density at radius 1 is 0.178 bits per heavy atom. The highest BCUT2D eigenvalue weighted by molar-refractivity contribution is 6.23. The molecule has 0 radical (unpaired) electrons. The highest BCUT2D eigenvalue weighted by Gasteiger charge is 2.27. The monoisotopic (exact) mass is 1720 g/mol. The Morgan fingerprint density at radius 2 is 0.519 bits per heavy atom. The minimum absolute atomic E-state index is 0.702. The van der Waals surface area contributed by atoms with Crippen molar-refractivity contribution in [2.75, 3.05) is 0 Å². The van der Waals surface area contributed by atoms with Crippen LogP contribution >= 0.6 is 0 Å². The normalized spacial score (nSPS) is 11.6. The van der Waals surface area contributed by atoms with Gasteiger partial charge in [-0.25, -0.2) is 44.9 Å². The van der Waals surface area contributed by atoms with Gasteiger partial charge >= 0.3 is 0 Å². The van der Waals surface area contributed by atoms with Gasteiger partial charge in [-0.15, -0.1) is 0 Å². The van der Waals surface area contributed by atoms with E-state index in [1.807, 2.05) is 116 Å². The Labute approximate surface area is 774 Å². The van der Waals surface area contributed by atoms with Crippen molar-refractivity contribution in [2.24, 2.45) is 0 Å². The molecule has 10 heterocycles. The lowest BCUT2D eigenvalue weighted by molar-refractivity contribution is 1.10. The molecule has 0 amide bonds. The zero-order chi connectivity index (χ0) is 89.2. The number of imidazole rings is 3. The van der Waals surface area contributed by atoms with Crippen LogP contribution in [0.5, 0.6) is 0 Å². The fourth-order valence-corrected chi connectivity index (χ4v) is 19.1. The number of benzene rings is 17. The molecule has 0 fully saturated rings. The summed E-state index contributed by atoms with van der Waals surface area (Å²) in [5, 5.41) is 12.0. The number of hydrogen-bond donors (Lipinski definition) is 0. The number of pyridine rings is 6. The Kier molecular flexibility index (Phi) is 19.5. The number of rotatable bonds is 12. The molecule has 0 bridgehead atoms. The van der Waals surface area contributed by atoms with Gasteiger partial charge in [-0.3, -0.25) is 23.7 Å². The molecule has 27 rings (SSSR count). The fourth-order valence-electron chi connectivity index (χ4n) is 19.1. The summed E-state index contributed by atoms with van der Waals surface area (Å²) in [7, 11) is 0. The van der Waals surface area contributed by atoms with E-state index in [0.29, 0.717) is 5.82 Å². The van der Waals surface area contributed by atoms with Crippen molar-refractivity contribution >= 4 is 131 Å². The van der Waals surface area contributed by atoms with Crippen LogP contribution in [0.4, 0.5) is 0 Å². The summed E-state index contributed by atoms with van der Waals surface area (Å²) >= 11 is 0. The van der Waals surface area contributed by atoms with Crippen LogP contribution in [0.15, 0.2) is 461 Å². The third-order valence-electron chi connectivity index (χ3n) is 25.5. The molecule has 0 aliphatic heterocycles. The Bertz CT molecular complexity index is 8410. The quantitative estimate of drug-likeness (QED) is 0.107. The molecule has 10 aromatic heterocycles. The number of para-hydroxylation sites is 7. The van der Waals surface area contributed by atoms with Crippen LogP contribution in [0.2, 0.25) is 0 Å². The number of nitrogens with zero attached hydrogens (tertiary/aromatic N) is 14. The van der Waals surface area contributed by atoms with E-state index in [4.69, 9.17) is 39.9 Å². The van der Waals surface area contributed by atoms with Crippen LogP contribution in [-0.2, 0) is 0 Å². The van der Waals surface area contributed by atoms with E-state index in [0.717, 1.165) is 244 Å². The van der Waals surface area contributed by atoms with Gasteiger partial charge in [-0.2, -0.15) is 0 Å². The van der Waals surface area contributed by atoms with Gasteiger partial charge in [0.1, 0.15) is 17.5 Å². The second kappa shape index (κ2) is 33.5. The molecule has 14 nitrogen and oxygen atoms in total. The van der Waals surface area contributed by atoms with Crippen molar-refractivity contribution in [2.45, 2.75) is 0 Å². The maximum atomic E-state index is 5.39. The summed E-state index contributed by atoms with van der Waals surface area (Å²) in [5.41, 5.74) is 29.9. The van der Waals surface area contributed by atoms with Crippen LogP contribution in [0.25, 0.3) is 250 Å². The largest absolute Gasteiger partial charge is 0.292 e. The standard InChI is InChI=1S/C41H26N4.2C40H25N5/c1-3-10-29(11-4-1)41-44-40-37(45(41)32-13-5-2-6-14-32)24-22-34-33-15-7-8-16-36(33)43-39(38(34)40)28-19-17-27(18-20-28)30-21-23-35-31(26-30)12-9-25-42-35;1-3-11-28(12-4-1)40-44-38-35(45(40)30-14-5-2-6-15-30)24-23-32-31-16-8-10-18-34(31)42-37(36(32)38)26-19-21-27(22-20-26)39-41-25-29-13-7-9-17-33(29)43-39;1-3-10-28(11-4-1)40-44-39-36(45(40)29-12-5-2-6-13-29)24-21-31-30-14-7-8-15-33(30)43-38(37(31)39)27-19-17-26(18-20-27)32-22-23-34-35(42-32)16-9-25-41-34/h1-26H;2*1-25H. The van der Waals surface area contributed by atoms with Gasteiger partial charge in [0.15, 0.2) is 5.82 Å². The molecular weight excluding hydrogens is 1650 g/mol. The minimum Gasteiger partial charge on any atom is -0.292 e. The van der Waals surface area contributed by atoms with Crippen molar-refractivity contribution in [3.8, 4) is 119 Å². The molecule has 0 unspecified atom stereocenters. The van der Waals surface area contributed by atoms with Crippen molar-refractivity contribution in [3.05, 3.63) is 461 Å². The van der Waals surface area contributed by atoms with E-state index < -0.39 is 0 Å². The lowest BCUT2D eigenvalue weighted by Crippen LogP contribution is -1.97. The molecule has 0 aliphatic carbocycles. The zero-order valence-electron chi connectivity index (χ0n) is 72.6. The first-order valence-electron chi connectivity index (χ1n) is 45.1. The highest BCUT2D eigenvalue weighted by atomic mass is 15.1. The maximum Gasteiger partial charge on any atom is 0.159 e. The molecule has 0 saturated carbocycles. The van der Waals surface area contributed by atoms with Crippen LogP contribution in [0.3, 0.4) is 0 Å². The van der Waals surface area contributed by atoms with Gasteiger partial charge in [0.25, 0.3) is 0 Å². The molecule has 135 heavy (non-hydrogen) atoms. The van der Waals surface area contributed by atoms with Crippen molar-refractivity contribution in [1.82, 2.24) is 68.5 Å². The van der Waals surface area contributed by atoms with Crippen molar-refractivity contribution in [3.63, 3.8) is 0 Å². The van der Waals surface area contributed by atoms with Crippen LogP contribution in [-0.4, -0.2) is 68.5 Å². The van der Waals surface area contributed by atoms with Gasteiger partial charge in [0, 0.05) is 123 Å². The van der Waals surface area contributed by atoms with E-state index >= 15 is 0 Å². The molecule has 0 saturated heterocycles. The van der Waals surface area contributed by atoms with Crippen LogP contribution in [0.1, 0.15) is 0 Å². The van der Waals surface area contributed by atoms with Crippen LogP contribution in [0, 0.1) is 0 Å². The van der Waals surface area contributed by atoms with E-state index in [2.05, 4.69) is 368 Å². The van der Waals surface area contributed by atoms with Crippen molar-refractivity contribution in [1.29, 1.82) is 0 Å². The third-order valence-corrected chi connectivity index (χ3v) is 25.5. The third kappa shape index (κ3) is 14.2. The summed E-state index contributed by atoms with van der Waals surface area (Å²) in [6, 6.07) is 153. The van der Waals surface area contributed by atoms with Gasteiger partial charge < -0.3 is 0 Å².